The molecule has 0 rings (SSSR count). The fourth-order valence-corrected chi connectivity index (χ4v) is 6.40. The van der Waals surface area contributed by atoms with Gasteiger partial charge in [-0.25, -0.2) is 4.57 Å². The molecule has 0 saturated heterocycles. The van der Waals surface area contributed by atoms with Crippen molar-refractivity contribution in [2.45, 2.75) is 206 Å². The fourth-order valence-electron chi connectivity index (χ4n) is 6.04. The van der Waals surface area contributed by atoms with Crippen molar-refractivity contribution < 1.29 is 43.0 Å². The zero-order chi connectivity index (χ0) is 40.7. The topological polar surface area (TPSA) is 140 Å². The first-order valence-electron chi connectivity index (χ1n) is 21.9. The Morgan fingerprint density at radius 2 is 1.05 bits per heavy atom. The van der Waals surface area contributed by atoms with Crippen LogP contribution in [0.15, 0.2) is 48.6 Å². The Hall–Kier alpha value is -2.03. The number of allylic oxidation sites excluding steroid dienone is 7. The monoisotopic (exact) mass is 797 g/mol. The van der Waals surface area contributed by atoms with Crippen LogP contribution in [0.5, 0.6) is 0 Å². The van der Waals surface area contributed by atoms with Crippen LogP contribution in [-0.4, -0.2) is 52.3 Å². The van der Waals surface area contributed by atoms with Gasteiger partial charge in [0.2, 0.25) is 0 Å². The molecule has 10 heteroatoms. The van der Waals surface area contributed by atoms with E-state index >= 15 is 0 Å². The van der Waals surface area contributed by atoms with Crippen LogP contribution in [0.2, 0.25) is 0 Å². The van der Waals surface area contributed by atoms with Crippen LogP contribution in [0.4, 0.5) is 0 Å². The molecule has 0 heterocycles. The molecule has 320 valence electrons. The predicted molar refractivity (Wildman–Crippen MR) is 227 cm³/mol. The first kappa shape index (κ1) is 53.0. The van der Waals surface area contributed by atoms with Gasteiger partial charge in [-0.15, -0.1) is 0 Å². The summed E-state index contributed by atoms with van der Waals surface area (Å²) < 4.78 is 26.3. The quantitative estimate of drug-likeness (QED) is 0.0240. The van der Waals surface area contributed by atoms with E-state index in [1.54, 1.807) is 0 Å². The van der Waals surface area contributed by atoms with Crippen LogP contribution < -0.4 is 0 Å². The first-order valence-corrected chi connectivity index (χ1v) is 23.4. The molecule has 0 fully saturated rings. The Labute approximate surface area is 336 Å². The van der Waals surface area contributed by atoms with E-state index in [9.17, 15) is 19.3 Å². The molecule has 0 aromatic carbocycles. The number of phosphoric ester groups is 1. The highest BCUT2D eigenvalue weighted by Gasteiger charge is 2.22. The molecule has 0 aliphatic carbocycles. The largest absolute Gasteiger partial charge is 0.469 e. The highest BCUT2D eigenvalue weighted by atomic mass is 31.2. The molecule has 2 atom stereocenters. The number of aliphatic hydroxyl groups excluding tert-OH is 1. The maximum atomic E-state index is 12.4. The van der Waals surface area contributed by atoms with E-state index in [2.05, 4.69) is 49.6 Å². The molecule has 3 N–H and O–H groups in total. The van der Waals surface area contributed by atoms with Crippen molar-refractivity contribution >= 4 is 19.8 Å². The minimum Gasteiger partial charge on any atom is -0.462 e. The zero-order valence-corrected chi connectivity index (χ0v) is 36.0. The van der Waals surface area contributed by atoms with Gasteiger partial charge in [0.05, 0.1) is 12.7 Å². The van der Waals surface area contributed by atoms with Crippen molar-refractivity contribution in [2.75, 3.05) is 13.2 Å². The summed E-state index contributed by atoms with van der Waals surface area (Å²) in [5, 5.41) is 9.79. The van der Waals surface area contributed by atoms with Crippen LogP contribution in [0.3, 0.4) is 0 Å². The summed E-state index contributed by atoms with van der Waals surface area (Å²) >= 11 is 0. The maximum absolute atomic E-state index is 12.4. The van der Waals surface area contributed by atoms with Gasteiger partial charge >= 0.3 is 19.8 Å². The third kappa shape index (κ3) is 42.9. The molecule has 0 spiro atoms. The predicted octanol–water partition coefficient (Wildman–Crippen LogP) is 12.3. The zero-order valence-electron chi connectivity index (χ0n) is 35.1. The lowest BCUT2D eigenvalue weighted by atomic mass is 10.0. The Morgan fingerprint density at radius 3 is 1.56 bits per heavy atom. The number of esters is 2. The van der Waals surface area contributed by atoms with E-state index < -0.39 is 32.5 Å². The molecule has 0 aliphatic rings. The van der Waals surface area contributed by atoms with Crippen LogP contribution >= 0.6 is 7.82 Å². The number of aliphatic hydroxyl groups is 1. The van der Waals surface area contributed by atoms with Gasteiger partial charge in [0.25, 0.3) is 0 Å². The van der Waals surface area contributed by atoms with Gasteiger partial charge < -0.3 is 24.4 Å². The molecule has 0 saturated carbocycles. The van der Waals surface area contributed by atoms with Crippen molar-refractivity contribution in [1.82, 2.24) is 0 Å². The minimum atomic E-state index is -4.78. The van der Waals surface area contributed by atoms with E-state index in [1.165, 1.54) is 89.9 Å². The molecule has 9 nitrogen and oxygen atoms in total. The minimum absolute atomic E-state index is 0.119. The summed E-state index contributed by atoms with van der Waals surface area (Å²) in [6.07, 6.45) is 43.2. The average Bonchev–Trinajstić information content (AvgIpc) is 3.14. The van der Waals surface area contributed by atoms with Crippen LogP contribution in [0.1, 0.15) is 194 Å². The van der Waals surface area contributed by atoms with Gasteiger partial charge in [-0.05, 0) is 50.9 Å². The molecular weight excluding hydrogens is 715 g/mol. The smallest absolute Gasteiger partial charge is 0.462 e. The summed E-state index contributed by atoms with van der Waals surface area (Å²) in [4.78, 5) is 42.9. The van der Waals surface area contributed by atoms with Gasteiger partial charge in [-0.3, -0.25) is 14.1 Å². The van der Waals surface area contributed by atoms with E-state index in [0.717, 1.165) is 57.3 Å². The number of hydrogen-bond donors (Lipinski definition) is 3. The van der Waals surface area contributed by atoms with Crippen molar-refractivity contribution in [1.29, 1.82) is 0 Å². The summed E-state index contributed by atoms with van der Waals surface area (Å²) in [5.74, 6) is -0.132. The van der Waals surface area contributed by atoms with Crippen LogP contribution in [0.25, 0.3) is 0 Å². The Morgan fingerprint density at radius 1 is 0.582 bits per heavy atom. The average molecular weight is 797 g/mol. The van der Waals surface area contributed by atoms with Crippen LogP contribution in [-0.2, 0) is 28.2 Å². The van der Waals surface area contributed by atoms with Gasteiger partial charge in [0.15, 0.2) is 6.10 Å². The van der Waals surface area contributed by atoms with E-state index in [4.69, 9.17) is 19.3 Å². The lowest BCUT2D eigenvalue weighted by Gasteiger charge is -2.18. The Balaban J connectivity index is 3.99. The number of carbonyl (C=O) groups is 2. The molecule has 0 amide bonds. The van der Waals surface area contributed by atoms with Crippen LogP contribution in [0, 0.1) is 5.92 Å². The van der Waals surface area contributed by atoms with Crippen molar-refractivity contribution in [3.8, 4) is 0 Å². The van der Waals surface area contributed by atoms with Crippen molar-refractivity contribution in [3.63, 3.8) is 0 Å². The highest BCUT2D eigenvalue weighted by molar-refractivity contribution is 7.46. The molecule has 0 aromatic heterocycles. The van der Waals surface area contributed by atoms with Gasteiger partial charge in [0.1, 0.15) is 6.61 Å². The number of unbranched alkanes of at least 4 members (excludes halogenated alkanes) is 17. The molecule has 0 aliphatic heterocycles. The SMILES string of the molecule is CCCC[C@@H](O)/C=C\C/C=C\C/C=C\C/C=C\CCCC(=O)O[C@H](COC(=O)CCCCCCCCCCCCCCCCCCC(C)C)COP(=O)(O)O. The number of rotatable bonds is 39. The second kappa shape index (κ2) is 38.8. The molecule has 0 aromatic rings. The normalized spacial score (nSPS) is 13.6. The molecule has 0 unspecified atom stereocenters. The summed E-state index contributed by atoms with van der Waals surface area (Å²) in [5.41, 5.74) is 0. The van der Waals surface area contributed by atoms with E-state index in [-0.39, 0.29) is 25.6 Å². The number of carbonyl (C=O) groups excluding carboxylic acids is 2. The molecule has 0 bridgehead atoms. The fraction of sp³-hybridized carbons (Fsp3) is 0.778. The second-order valence-corrected chi connectivity index (χ2v) is 16.6. The first-order chi connectivity index (χ1) is 26.5. The standard InChI is InChI=1S/C45H81O9P/c1-4-5-35-42(46)36-31-27-23-19-15-12-13-17-21-25-29-33-38-45(48)54-43(40-53-55(49,50)51)39-52-44(47)37-32-28-24-20-16-11-9-7-6-8-10-14-18-22-26-30-34-41(2)3/h12-13,19,21,23,25,31,36,41-43,46H,4-11,14-18,20,22,24,26-30,32-35,37-40H2,1-3H3,(H2,49,50,51)/b13-12-,23-19-,25-21-,36-31-/t42-,43-/m1/s1. The summed E-state index contributed by atoms with van der Waals surface area (Å²) in [7, 11) is -4.78. The Bertz CT molecular complexity index is 1060. The molecule has 55 heavy (non-hydrogen) atoms. The summed E-state index contributed by atoms with van der Waals surface area (Å²) in [6, 6.07) is 0. The number of hydrogen-bond acceptors (Lipinski definition) is 7. The molecule has 0 radical (unpaired) electrons. The lowest BCUT2D eigenvalue weighted by Crippen LogP contribution is -2.29. The van der Waals surface area contributed by atoms with Gasteiger partial charge in [-0.2, -0.15) is 0 Å². The number of phosphoric acid groups is 1. The maximum Gasteiger partial charge on any atom is 0.469 e. The van der Waals surface area contributed by atoms with E-state index in [0.29, 0.717) is 19.3 Å². The number of ether oxygens (including phenoxy) is 2. The van der Waals surface area contributed by atoms with Gasteiger partial charge in [-0.1, -0.05) is 185 Å². The van der Waals surface area contributed by atoms with E-state index in [1.807, 2.05) is 24.3 Å². The lowest BCUT2D eigenvalue weighted by molar-refractivity contribution is -0.161. The highest BCUT2D eigenvalue weighted by Crippen LogP contribution is 2.36. The molecular formula is C45H81O9P. The van der Waals surface area contributed by atoms with Crippen molar-refractivity contribution in [2.24, 2.45) is 5.92 Å². The van der Waals surface area contributed by atoms with Gasteiger partial charge in [0, 0.05) is 12.8 Å². The van der Waals surface area contributed by atoms with Crippen molar-refractivity contribution in [3.05, 3.63) is 48.6 Å². The third-order valence-electron chi connectivity index (χ3n) is 9.35. The third-order valence-corrected chi connectivity index (χ3v) is 9.83. The Kier molecular flexibility index (Phi) is 37.4. The second-order valence-electron chi connectivity index (χ2n) is 15.3. The summed E-state index contributed by atoms with van der Waals surface area (Å²) in [6.45, 7) is 5.84.